The van der Waals surface area contributed by atoms with Crippen molar-refractivity contribution in [2.45, 2.75) is 38.6 Å². The quantitative estimate of drug-likeness (QED) is 0.803. The molecule has 1 saturated carbocycles. The van der Waals surface area contributed by atoms with Gasteiger partial charge in [-0.1, -0.05) is 6.92 Å². The van der Waals surface area contributed by atoms with Gasteiger partial charge < -0.3 is 5.32 Å². The van der Waals surface area contributed by atoms with E-state index in [1.54, 1.807) is 0 Å². The second-order valence-corrected chi connectivity index (χ2v) is 5.85. The van der Waals surface area contributed by atoms with E-state index in [0.717, 1.165) is 5.92 Å². The zero-order valence-corrected chi connectivity index (χ0v) is 11.3. The van der Waals surface area contributed by atoms with Crippen molar-refractivity contribution in [1.29, 1.82) is 0 Å². The first-order chi connectivity index (χ1) is 7.24. The van der Waals surface area contributed by atoms with Crippen molar-refractivity contribution >= 4 is 28.3 Å². The topological polar surface area (TPSA) is 12.0 Å². The van der Waals surface area contributed by atoms with Gasteiger partial charge in [0.25, 0.3) is 0 Å². The molecule has 1 fully saturated rings. The van der Waals surface area contributed by atoms with Gasteiger partial charge in [0.15, 0.2) is 0 Å². The Labute approximate surface area is 106 Å². The summed E-state index contributed by atoms with van der Waals surface area (Å²) in [7, 11) is 0. The van der Waals surface area contributed by atoms with Crippen molar-refractivity contribution in [3.63, 3.8) is 0 Å². The molecular formula is C13H18IN. The molecule has 1 aromatic carbocycles. The second-order valence-electron chi connectivity index (χ2n) is 4.61. The number of halogens is 1. The molecule has 2 rings (SSSR count). The summed E-state index contributed by atoms with van der Waals surface area (Å²) in [5, 5.41) is 3.63. The third-order valence-corrected chi connectivity index (χ3v) is 3.95. The lowest BCUT2D eigenvalue weighted by Gasteiger charge is -2.27. The largest absolute Gasteiger partial charge is 0.382 e. The lowest BCUT2D eigenvalue weighted by Crippen LogP contribution is -2.25. The van der Waals surface area contributed by atoms with E-state index in [2.05, 4.69) is 59.1 Å². The molecule has 2 heteroatoms. The molecule has 0 radical (unpaired) electrons. The van der Waals surface area contributed by atoms with Crippen LogP contribution in [0.25, 0.3) is 0 Å². The number of benzene rings is 1. The van der Waals surface area contributed by atoms with E-state index in [0.29, 0.717) is 6.04 Å². The first-order valence-corrected chi connectivity index (χ1v) is 6.84. The zero-order valence-electron chi connectivity index (χ0n) is 9.17. The number of hydrogen-bond acceptors (Lipinski definition) is 1. The number of hydrogen-bond donors (Lipinski definition) is 1. The normalized spacial score (nSPS) is 26.3. The Morgan fingerprint density at radius 3 is 2.27 bits per heavy atom. The number of rotatable bonds is 2. The van der Waals surface area contributed by atoms with Gasteiger partial charge in [-0.3, -0.25) is 0 Å². The van der Waals surface area contributed by atoms with E-state index in [-0.39, 0.29) is 0 Å². The molecule has 0 aromatic heterocycles. The first-order valence-electron chi connectivity index (χ1n) is 5.76. The summed E-state index contributed by atoms with van der Waals surface area (Å²) in [5.41, 5.74) is 1.27. The summed E-state index contributed by atoms with van der Waals surface area (Å²) in [5.74, 6) is 0.930. The van der Waals surface area contributed by atoms with Crippen LogP contribution in [-0.2, 0) is 0 Å². The summed E-state index contributed by atoms with van der Waals surface area (Å²) >= 11 is 2.34. The van der Waals surface area contributed by atoms with Crippen molar-refractivity contribution in [2.24, 2.45) is 5.92 Å². The van der Waals surface area contributed by atoms with Crippen LogP contribution < -0.4 is 5.32 Å². The molecule has 0 aliphatic heterocycles. The molecule has 0 spiro atoms. The van der Waals surface area contributed by atoms with Crippen LogP contribution >= 0.6 is 22.6 Å². The molecule has 0 unspecified atom stereocenters. The van der Waals surface area contributed by atoms with Gasteiger partial charge in [-0.15, -0.1) is 0 Å². The summed E-state index contributed by atoms with van der Waals surface area (Å²) in [6.07, 6.45) is 5.41. The van der Waals surface area contributed by atoms with Crippen LogP contribution in [0.3, 0.4) is 0 Å². The van der Waals surface area contributed by atoms with Crippen LogP contribution in [0.4, 0.5) is 5.69 Å². The Bertz CT molecular complexity index is 299. The summed E-state index contributed by atoms with van der Waals surface area (Å²) in [6, 6.07) is 9.38. The standard InChI is InChI=1S/C13H18IN/c1-10-2-6-12(7-3-10)15-13-8-4-11(14)5-9-13/h4-5,8-10,12,15H,2-3,6-7H2,1H3. The van der Waals surface area contributed by atoms with Gasteiger partial charge in [-0.25, -0.2) is 0 Å². The van der Waals surface area contributed by atoms with Gasteiger partial charge in [-0.2, -0.15) is 0 Å². The monoisotopic (exact) mass is 315 g/mol. The van der Waals surface area contributed by atoms with Crippen LogP contribution in [0.1, 0.15) is 32.6 Å². The molecule has 0 bridgehead atoms. The molecule has 0 atom stereocenters. The highest BCUT2D eigenvalue weighted by molar-refractivity contribution is 14.1. The Hall–Kier alpha value is -0.250. The maximum absolute atomic E-state index is 3.63. The first kappa shape index (κ1) is 11.2. The molecule has 1 aliphatic rings. The lowest BCUT2D eigenvalue weighted by atomic mass is 9.87. The average molecular weight is 315 g/mol. The molecule has 82 valence electrons. The highest BCUT2D eigenvalue weighted by Gasteiger charge is 2.17. The van der Waals surface area contributed by atoms with Crippen molar-refractivity contribution in [3.8, 4) is 0 Å². The van der Waals surface area contributed by atoms with Crippen molar-refractivity contribution in [3.05, 3.63) is 27.8 Å². The molecule has 1 N–H and O–H groups in total. The third-order valence-electron chi connectivity index (χ3n) is 3.23. The molecule has 0 saturated heterocycles. The highest BCUT2D eigenvalue weighted by atomic mass is 127. The van der Waals surface area contributed by atoms with Gasteiger partial charge in [0.2, 0.25) is 0 Å². The van der Waals surface area contributed by atoms with E-state index in [1.807, 2.05) is 0 Å². The number of anilines is 1. The molecule has 1 aromatic rings. The summed E-state index contributed by atoms with van der Waals surface area (Å²) in [4.78, 5) is 0. The van der Waals surface area contributed by atoms with Crippen LogP contribution in [0.2, 0.25) is 0 Å². The van der Waals surface area contributed by atoms with Gasteiger partial charge in [0.1, 0.15) is 0 Å². The summed E-state index contributed by atoms with van der Waals surface area (Å²) < 4.78 is 1.30. The SMILES string of the molecule is CC1CCC(Nc2ccc(I)cc2)CC1. The molecule has 1 nitrogen and oxygen atoms in total. The zero-order chi connectivity index (χ0) is 10.7. The molecule has 1 aliphatic carbocycles. The molecule has 0 heterocycles. The fraction of sp³-hybridized carbons (Fsp3) is 0.538. The van der Waals surface area contributed by atoms with Crippen LogP contribution in [0, 0.1) is 9.49 Å². The molecule has 15 heavy (non-hydrogen) atoms. The van der Waals surface area contributed by atoms with E-state index in [4.69, 9.17) is 0 Å². The van der Waals surface area contributed by atoms with Crippen LogP contribution in [-0.4, -0.2) is 6.04 Å². The second kappa shape index (κ2) is 5.19. The van der Waals surface area contributed by atoms with E-state index >= 15 is 0 Å². The highest BCUT2D eigenvalue weighted by Crippen LogP contribution is 2.26. The van der Waals surface area contributed by atoms with Crippen molar-refractivity contribution < 1.29 is 0 Å². The minimum atomic E-state index is 0.696. The maximum Gasteiger partial charge on any atom is 0.0343 e. The van der Waals surface area contributed by atoms with Crippen LogP contribution in [0.15, 0.2) is 24.3 Å². The van der Waals surface area contributed by atoms with Crippen LogP contribution in [0.5, 0.6) is 0 Å². The molecule has 0 amide bonds. The molecular weight excluding hydrogens is 297 g/mol. The Kier molecular flexibility index (Phi) is 3.89. The van der Waals surface area contributed by atoms with E-state index < -0.39 is 0 Å². The average Bonchev–Trinajstić information content (AvgIpc) is 2.25. The maximum atomic E-state index is 3.63. The van der Waals surface area contributed by atoms with Gasteiger partial charge in [-0.05, 0) is 78.5 Å². The van der Waals surface area contributed by atoms with Gasteiger partial charge in [0, 0.05) is 15.3 Å². The predicted molar refractivity (Wildman–Crippen MR) is 74.2 cm³/mol. The fourth-order valence-corrected chi connectivity index (χ4v) is 2.55. The van der Waals surface area contributed by atoms with Gasteiger partial charge in [0.05, 0.1) is 0 Å². The van der Waals surface area contributed by atoms with Crippen molar-refractivity contribution in [1.82, 2.24) is 0 Å². The lowest BCUT2D eigenvalue weighted by molar-refractivity contribution is 0.361. The minimum absolute atomic E-state index is 0.696. The fourth-order valence-electron chi connectivity index (χ4n) is 2.19. The third kappa shape index (κ3) is 3.37. The van der Waals surface area contributed by atoms with Crippen molar-refractivity contribution in [2.75, 3.05) is 5.32 Å². The van der Waals surface area contributed by atoms with Gasteiger partial charge >= 0.3 is 0 Å². The summed E-state index contributed by atoms with van der Waals surface area (Å²) in [6.45, 7) is 2.36. The smallest absolute Gasteiger partial charge is 0.0343 e. The Morgan fingerprint density at radius 2 is 1.67 bits per heavy atom. The Balaban J connectivity index is 1.89. The minimum Gasteiger partial charge on any atom is -0.382 e. The van der Waals surface area contributed by atoms with E-state index in [1.165, 1.54) is 34.9 Å². The van der Waals surface area contributed by atoms with E-state index in [9.17, 15) is 0 Å². The predicted octanol–water partition coefficient (Wildman–Crippen LogP) is 4.28. The number of nitrogens with one attached hydrogen (secondary N) is 1. The Morgan fingerprint density at radius 1 is 1.07 bits per heavy atom.